The first-order chi connectivity index (χ1) is 7.56. The number of benzene rings is 1. The first-order valence-corrected chi connectivity index (χ1v) is 6.15. The number of hydrogen-bond acceptors (Lipinski definition) is 3. The van der Waals surface area contributed by atoms with E-state index in [4.69, 9.17) is 4.42 Å². The van der Waals surface area contributed by atoms with Gasteiger partial charge in [0.05, 0.1) is 0 Å². The van der Waals surface area contributed by atoms with Crippen LogP contribution in [0.5, 0.6) is 0 Å². The molecule has 84 valence electrons. The highest BCUT2D eigenvalue weighted by molar-refractivity contribution is 7.99. The number of rotatable bonds is 2. The van der Waals surface area contributed by atoms with Gasteiger partial charge >= 0.3 is 5.63 Å². The van der Waals surface area contributed by atoms with Gasteiger partial charge in [0, 0.05) is 21.6 Å². The maximum Gasteiger partial charge on any atom is 0.336 e. The van der Waals surface area contributed by atoms with Crippen molar-refractivity contribution in [1.82, 2.24) is 0 Å². The Balaban J connectivity index is 2.57. The fraction of sp³-hybridized carbons (Fsp3) is 0.308. The number of fused-ring (bicyclic) bond motifs is 1. The van der Waals surface area contributed by atoms with E-state index in [2.05, 4.69) is 19.9 Å². The Morgan fingerprint density at radius 2 is 2.00 bits per heavy atom. The molecule has 0 spiro atoms. The summed E-state index contributed by atoms with van der Waals surface area (Å²) in [5, 5.41) is 1.53. The van der Waals surface area contributed by atoms with Gasteiger partial charge in [0.2, 0.25) is 0 Å². The molecule has 2 nitrogen and oxygen atoms in total. The van der Waals surface area contributed by atoms with E-state index in [1.165, 1.54) is 6.07 Å². The van der Waals surface area contributed by atoms with Crippen LogP contribution in [0.4, 0.5) is 0 Å². The van der Waals surface area contributed by atoms with Crippen molar-refractivity contribution in [1.29, 1.82) is 0 Å². The van der Waals surface area contributed by atoms with Crippen LogP contribution in [0.1, 0.15) is 19.4 Å². The Kier molecular flexibility index (Phi) is 3.06. The Morgan fingerprint density at radius 3 is 2.69 bits per heavy atom. The first kappa shape index (κ1) is 11.3. The molecular formula is C13H14O2S. The van der Waals surface area contributed by atoms with Crippen LogP contribution in [0.15, 0.2) is 38.4 Å². The van der Waals surface area contributed by atoms with Crippen molar-refractivity contribution in [3.8, 4) is 0 Å². The average Bonchev–Trinajstić information content (AvgIpc) is 2.15. The van der Waals surface area contributed by atoms with Crippen molar-refractivity contribution in [3.63, 3.8) is 0 Å². The molecule has 3 heteroatoms. The predicted molar refractivity (Wildman–Crippen MR) is 68.2 cm³/mol. The van der Waals surface area contributed by atoms with E-state index in [0.29, 0.717) is 10.8 Å². The molecule has 0 saturated heterocycles. The molecule has 2 rings (SSSR count). The molecule has 0 atom stereocenters. The van der Waals surface area contributed by atoms with Crippen LogP contribution in [-0.2, 0) is 0 Å². The van der Waals surface area contributed by atoms with Crippen LogP contribution in [0, 0.1) is 6.92 Å². The molecule has 0 aliphatic heterocycles. The summed E-state index contributed by atoms with van der Waals surface area (Å²) in [5.41, 5.74) is 1.36. The number of hydrogen-bond donors (Lipinski definition) is 0. The molecule has 1 aromatic carbocycles. The second-order valence-electron chi connectivity index (χ2n) is 4.07. The van der Waals surface area contributed by atoms with E-state index in [-0.39, 0.29) is 5.63 Å². The van der Waals surface area contributed by atoms with Crippen LogP contribution in [0.2, 0.25) is 0 Å². The lowest BCUT2D eigenvalue weighted by atomic mass is 10.1. The standard InChI is InChI=1S/C13H14O2S/c1-8(2)16-10-4-5-11-9(3)6-13(14)15-12(11)7-10/h4-8H,1-3H3. The molecule has 1 heterocycles. The molecule has 0 fully saturated rings. The van der Waals surface area contributed by atoms with Gasteiger partial charge in [0.1, 0.15) is 5.58 Å². The highest BCUT2D eigenvalue weighted by atomic mass is 32.2. The minimum absolute atomic E-state index is 0.281. The lowest BCUT2D eigenvalue weighted by Gasteiger charge is -2.06. The first-order valence-electron chi connectivity index (χ1n) is 5.27. The molecule has 0 N–H and O–H groups in total. The normalized spacial score (nSPS) is 11.2. The van der Waals surface area contributed by atoms with Crippen molar-refractivity contribution in [3.05, 3.63) is 40.2 Å². The number of thioether (sulfide) groups is 1. The molecule has 0 aliphatic rings. The largest absolute Gasteiger partial charge is 0.423 e. The van der Waals surface area contributed by atoms with Crippen molar-refractivity contribution in [2.75, 3.05) is 0 Å². The van der Waals surface area contributed by atoms with Crippen LogP contribution in [0.25, 0.3) is 11.0 Å². The van der Waals surface area contributed by atoms with Gasteiger partial charge < -0.3 is 4.42 Å². The van der Waals surface area contributed by atoms with E-state index in [1.807, 2.05) is 19.1 Å². The Morgan fingerprint density at radius 1 is 1.25 bits per heavy atom. The highest BCUT2D eigenvalue weighted by Gasteiger charge is 2.04. The summed E-state index contributed by atoms with van der Waals surface area (Å²) < 4.78 is 5.20. The monoisotopic (exact) mass is 234 g/mol. The van der Waals surface area contributed by atoms with E-state index < -0.39 is 0 Å². The smallest absolute Gasteiger partial charge is 0.336 e. The molecule has 0 amide bonds. The molecule has 0 unspecified atom stereocenters. The lowest BCUT2D eigenvalue weighted by molar-refractivity contribution is 0.559. The third kappa shape index (κ3) is 2.30. The van der Waals surface area contributed by atoms with E-state index in [9.17, 15) is 4.79 Å². The van der Waals surface area contributed by atoms with Crippen LogP contribution in [-0.4, -0.2) is 5.25 Å². The number of aryl methyl sites for hydroxylation is 1. The van der Waals surface area contributed by atoms with E-state index in [0.717, 1.165) is 15.8 Å². The molecule has 0 aliphatic carbocycles. The second-order valence-corrected chi connectivity index (χ2v) is 5.72. The van der Waals surface area contributed by atoms with Gasteiger partial charge in [-0.25, -0.2) is 4.79 Å². The second kappa shape index (κ2) is 4.34. The van der Waals surface area contributed by atoms with Crippen molar-refractivity contribution >= 4 is 22.7 Å². The SMILES string of the molecule is Cc1cc(=O)oc2cc(SC(C)C)ccc12. The maximum absolute atomic E-state index is 11.3. The third-order valence-corrected chi connectivity index (χ3v) is 3.29. The summed E-state index contributed by atoms with van der Waals surface area (Å²) in [5.74, 6) is 0. The zero-order valence-corrected chi connectivity index (χ0v) is 10.4. The summed E-state index contributed by atoms with van der Waals surface area (Å²) in [6.07, 6.45) is 0. The van der Waals surface area contributed by atoms with Gasteiger partial charge in [-0.1, -0.05) is 13.8 Å². The van der Waals surface area contributed by atoms with Gasteiger partial charge in [-0.2, -0.15) is 0 Å². The zero-order chi connectivity index (χ0) is 11.7. The molecule has 16 heavy (non-hydrogen) atoms. The van der Waals surface area contributed by atoms with Crippen molar-refractivity contribution in [2.45, 2.75) is 30.9 Å². The molecule has 0 saturated carbocycles. The molecule has 0 bridgehead atoms. The van der Waals surface area contributed by atoms with Gasteiger partial charge in [0.15, 0.2) is 0 Å². The fourth-order valence-electron chi connectivity index (χ4n) is 1.65. The highest BCUT2D eigenvalue weighted by Crippen LogP contribution is 2.27. The quantitative estimate of drug-likeness (QED) is 0.587. The maximum atomic E-state index is 11.3. The van der Waals surface area contributed by atoms with Crippen LogP contribution >= 0.6 is 11.8 Å². The topological polar surface area (TPSA) is 30.2 Å². The summed E-state index contributed by atoms with van der Waals surface area (Å²) in [6, 6.07) is 7.55. The summed E-state index contributed by atoms with van der Waals surface area (Å²) in [4.78, 5) is 12.4. The predicted octanol–water partition coefficient (Wildman–Crippen LogP) is 3.60. The summed E-state index contributed by atoms with van der Waals surface area (Å²) in [6.45, 7) is 6.21. The zero-order valence-electron chi connectivity index (χ0n) is 9.61. The minimum Gasteiger partial charge on any atom is -0.423 e. The minimum atomic E-state index is -0.281. The van der Waals surface area contributed by atoms with E-state index >= 15 is 0 Å². The van der Waals surface area contributed by atoms with Crippen LogP contribution < -0.4 is 5.63 Å². The third-order valence-electron chi connectivity index (χ3n) is 2.29. The fourth-order valence-corrected chi connectivity index (χ4v) is 2.52. The molecule has 2 aromatic rings. The Hall–Kier alpha value is -1.22. The van der Waals surface area contributed by atoms with Crippen molar-refractivity contribution < 1.29 is 4.42 Å². The Bertz CT molecular complexity index is 570. The molecular weight excluding hydrogens is 220 g/mol. The van der Waals surface area contributed by atoms with Crippen molar-refractivity contribution in [2.24, 2.45) is 0 Å². The van der Waals surface area contributed by atoms with Gasteiger partial charge in [-0.3, -0.25) is 0 Å². The van der Waals surface area contributed by atoms with Gasteiger partial charge in [-0.15, -0.1) is 11.8 Å². The lowest BCUT2D eigenvalue weighted by Crippen LogP contribution is -1.97. The van der Waals surface area contributed by atoms with Gasteiger partial charge in [-0.05, 0) is 30.7 Å². The summed E-state index contributed by atoms with van der Waals surface area (Å²) in [7, 11) is 0. The summed E-state index contributed by atoms with van der Waals surface area (Å²) >= 11 is 1.76. The molecule has 1 aromatic heterocycles. The van der Waals surface area contributed by atoms with Crippen LogP contribution in [0.3, 0.4) is 0 Å². The average molecular weight is 234 g/mol. The Labute approximate surface area is 98.7 Å². The van der Waals surface area contributed by atoms with E-state index in [1.54, 1.807) is 11.8 Å². The molecule has 0 radical (unpaired) electrons. The van der Waals surface area contributed by atoms with Gasteiger partial charge in [0.25, 0.3) is 0 Å².